The van der Waals surface area contributed by atoms with E-state index in [9.17, 15) is 13.6 Å². The van der Waals surface area contributed by atoms with E-state index in [2.05, 4.69) is 50.4 Å². The second kappa shape index (κ2) is 13.8. The van der Waals surface area contributed by atoms with Gasteiger partial charge < -0.3 is 10.2 Å². The highest BCUT2D eigenvalue weighted by Crippen LogP contribution is 2.29. The molecule has 1 N–H and O–H groups in total. The number of aromatic nitrogens is 1. The van der Waals surface area contributed by atoms with Gasteiger partial charge in [0.25, 0.3) is 0 Å². The first-order chi connectivity index (χ1) is 20.9. The number of piperazine rings is 1. The first kappa shape index (κ1) is 30.9. The van der Waals surface area contributed by atoms with Gasteiger partial charge in [0.15, 0.2) is 0 Å². The maximum Gasteiger partial charge on any atom is 0.330 e. The Hall–Kier alpha value is -4.53. The maximum atomic E-state index is 14.2. The third-order valence-electron chi connectivity index (χ3n) is 7.79. The molecule has 0 unspecified atom stereocenters. The molecule has 0 radical (unpaired) electrons. The molecule has 9 heteroatoms. The van der Waals surface area contributed by atoms with Gasteiger partial charge in [-0.2, -0.15) is 0 Å². The van der Waals surface area contributed by atoms with Crippen molar-refractivity contribution in [2.75, 3.05) is 47.8 Å². The fraction of sp³-hybridized carbons (Fsp3) is 0.200. The average Bonchev–Trinajstić information content (AvgIpc) is 3.00. The monoisotopic (exact) mass is 613 g/mol. The van der Waals surface area contributed by atoms with Crippen LogP contribution in [0.4, 0.5) is 36.3 Å². The molecule has 0 saturated carbocycles. The van der Waals surface area contributed by atoms with Crippen LogP contribution in [-0.4, -0.2) is 48.6 Å². The lowest BCUT2D eigenvalue weighted by Crippen LogP contribution is -2.47. The Morgan fingerprint density at radius 1 is 0.818 bits per heavy atom. The highest BCUT2D eigenvalue weighted by atomic mass is 35.5. The zero-order valence-corrected chi connectivity index (χ0v) is 25.2. The molecular formula is C35H34ClF2N5O. The number of fused-ring (bicyclic) bond motifs is 1. The number of pyridine rings is 1. The Morgan fingerprint density at radius 2 is 1.50 bits per heavy atom. The summed E-state index contributed by atoms with van der Waals surface area (Å²) in [7, 11) is 0. The summed E-state index contributed by atoms with van der Waals surface area (Å²) in [6, 6.07) is 29.3. The second-order valence-corrected chi connectivity index (χ2v) is 10.8. The molecule has 44 heavy (non-hydrogen) atoms. The number of benzene rings is 4. The molecule has 1 fully saturated rings. The summed E-state index contributed by atoms with van der Waals surface area (Å²) < 4.78 is 28.0. The Labute approximate surface area is 262 Å². The lowest BCUT2D eigenvalue weighted by Gasteiger charge is -2.36. The summed E-state index contributed by atoms with van der Waals surface area (Å²) >= 11 is 0. The van der Waals surface area contributed by atoms with Crippen molar-refractivity contribution in [3.05, 3.63) is 126 Å². The number of carbonyl (C=O) groups excluding carboxylic acids is 1. The van der Waals surface area contributed by atoms with Gasteiger partial charge in [-0.05, 0) is 91.7 Å². The molecule has 0 atom stereocenters. The van der Waals surface area contributed by atoms with Crippen molar-refractivity contribution in [1.82, 2.24) is 9.88 Å². The predicted octanol–water partition coefficient (Wildman–Crippen LogP) is 7.98. The topological polar surface area (TPSA) is 51.7 Å². The van der Waals surface area contributed by atoms with Crippen LogP contribution < -0.4 is 15.1 Å². The molecule has 1 aliphatic rings. The van der Waals surface area contributed by atoms with Crippen molar-refractivity contribution >= 4 is 52.1 Å². The maximum absolute atomic E-state index is 14.2. The lowest BCUT2D eigenvalue weighted by atomic mass is 10.1. The number of amides is 2. The predicted molar refractivity (Wildman–Crippen MR) is 176 cm³/mol. The van der Waals surface area contributed by atoms with E-state index in [-0.39, 0.29) is 12.4 Å². The third kappa shape index (κ3) is 7.15. The number of nitrogens with one attached hydrogen (secondary N) is 1. The fourth-order valence-electron chi connectivity index (χ4n) is 5.61. The number of hydrogen-bond acceptors (Lipinski definition) is 4. The largest absolute Gasteiger partial charge is 0.368 e. The summed E-state index contributed by atoms with van der Waals surface area (Å²) in [4.78, 5) is 24.4. The van der Waals surface area contributed by atoms with Crippen LogP contribution in [0.1, 0.15) is 11.3 Å². The Morgan fingerprint density at radius 3 is 2.25 bits per heavy atom. The van der Waals surface area contributed by atoms with Crippen molar-refractivity contribution in [3.8, 4) is 0 Å². The van der Waals surface area contributed by atoms with E-state index in [0.29, 0.717) is 17.1 Å². The Kier molecular flexibility index (Phi) is 9.72. The fourth-order valence-corrected chi connectivity index (χ4v) is 5.61. The van der Waals surface area contributed by atoms with E-state index >= 15 is 0 Å². The minimum Gasteiger partial charge on any atom is -0.368 e. The second-order valence-electron chi connectivity index (χ2n) is 10.8. The SMILES string of the molecule is Cc1ccc2c(N3CCN(CCc4cccc(N(C(=O)Nc5cccc(F)c5)c5cccc(F)c5)c4)CC3)cccc2n1.Cl. The Balaban J connectivity index is 0.00000384. The molecule has 6 rings (SSSR count). The standard InChI is InChI=1S/C35H33F2N5O.ClH/c1-25-14-15-32-33(38-25)12-5-13-34(32)41-20-18-40(19-21-41)17-16-26-6-2-10-30(22-26)42(31-11-4-8-28(37)24-31)35(43)39-29-9-3-7-27(36)23-29;/h2-15,22-24H,16-21H2,1H3,(H,39,43);1H. The van der Waals surface area contributed by atoms with E-state index in [1.807, 2.05) is 31.2 Å². The van der Waals surface area contributed by atoms with Crippen LogP contribution in [0.15, 0.2) is 103 Å². The molecule has 226 valence electrons. The van der Waals surface area contributed by atoms with Gasteiger partial charge in [0.2, 0.25) is 0 Å². The summed E-state index contributed by atoms with van der Waals surface area (Å²) in [5.41, 5.74) is 5.63. The first-order valence-electron chi connectivity index (χ1n) is 14.5. The van der Waals surface area contributed by atoms with Gasteiger partial charge in [0.05, 0.1) is 16.9 Å². The minimum atomic E-state index is -0.511. The number of anilines is 4. The van der Waals surface area contributed by atoms with Crippen LogP contribution in [0.5, 0.6) is 0 Å². The van der Waals surface area contributed by atoms with Gasteiger partial charge in [-0.15, -0.1) is 12.4 Å². The van der Waals surface area contributed by atoms with Crippen LogP contribution in [0.2, 0.25) is 0 Å². The summed E-state index contributed by atoms with van der Waals surface area (Å²) in [5, 5.41) is 3.92. The molecule has 5 aromatic rings. The highest BCUT2D eigenvalue weighted by molar-refractivity contribution is 6.07. The van der Waals surface area contributed by atoms with Crippen molar-refractivity contribution in [3.63, 3.8) is 0 Å². The van der Waals surface area contributed by atoms with Gasteiger partial charge in [-0.25, -0.2) is 13.6 Å². The summed E-state index contributed by atoms with van der Waals surface area (Å²) in [6.07, 6.45) is 0.799. The van der Waals surface area contributed by atoms with Crippen molar-refractivity contribution in [1.29, 1.82) is 0 Å². The number of urea groups is 1. The van der Waals surface area contributed by atoms with Gasteiger partial charge in [-0.1, -0.05) is 30.3 Å². The van der Waals surface area contributed by atoms with E-state index in [1.165, 1.54) is 46.3 Å². The molecule has 1 saturated heterocycles. The van der Waals surface area contributed by atoms with E-state index in [4.69, 9.17) is 0 Å². The molecule has 0 bridgehead atoms. The number of rotatable bonds is 7. The van der Waals surface area contributed by atoms with E-state index in [1.54, 1.807) is 18.2 Å². The normalized spacial score (nSPS) is 13.4. The summed E-state index contributed by atoms with van der Waals surface area (Å²) in [6.45, 7) is 6.65. The molecule has 6 nitrogen and oxygen atoms in total. The van der Waals surface area contributed by atoms with Crippen molar-refractivity contribution in [2.24, 2.45) is 0 Å². The minimum absolute atomic E-state index is 0. The molecule has 4 aromatic carbocycles. The van der Waals surface area contributed by atoms with Gasteiger partial charge in [0.1, 0.15) is 11.6 Å². The number of halogens is 3. The van der Waals surface area contributed by atoms with Crippen LogP contribution >= 0.6 is 12.4 Å². The lowest BCUT2D eigenvalue weighted by molar-refractivity contribution is 0.259. The van der Waals surface area contributed by atoms with E-state index in [0.717, 1.165) is 55.9 Å². The summed E-state index contributed by atoms with van der Waals surface area (Å²) in [5.74, 6) is -0.909. The number of hydrogen-bond donors (Lipinski definition) is 1. The highest BCUT2D eigenvalue weighted by Gasteiger charge is 2.21. The third-order valence-corrected chi connectivity index (χ3v) is 7.79. The van der Waals surface area contributed by atoms with Crippen LogP contribution in [-0.2, 0) is 6.42 Å². The molecular weight excluding hydrogens is 580 g/mol. The zero-order valence-electron chi connectivity index (χ0n) is 24.4. The molecule has 2 amide bonds. The quantitative estimate of drug-likeness (QED) is 0.202. The Bertz CT molecular complexity index is 1760. The smallest absolute Gasteiger partial charge is 0.330 e. The van der Waals surface area contributed by atoms with Gasteiger partial charge in [-0.3, -0.25) is 14.8 Å². The van der Waals surface area contributed by atoms with Crippen LogP contribution in [0.3, 0.4) is 0 Å². The first-order valence-corrected chi connectivity index (χ1v) is 14.5. The van der Waals surface area contributed by atoms with Crippen molar-refractivity contribution in [2.45, 2.75) is 13.3 Å². The van der Waals surface area contributed by atoms with E-state index < -0.39 is 17.7 Å². The molecule has 0 aliphatic carbocycles. The van der Waals surface area contributed by atoms with Crippen LogP contribution in [0.25, 0.3) is 10.9 Å². The van der Waals surface area contributed by atoms with Gasteiger partial charge in [0, 0.05) is 55.2 Å². The van der Waals surface area contributed by atoms with Gasteiger partial charge >= 0.3 is 6.03 Å². The molecule has 1 aromatic heterocycles. The van der Waals surface area contributed by atoms with Crippen molar-refractivity contribution < 1.29 is 13.6 Å². The zero-order chi connectivity index (χ0) is 29.8. The molecule has 0 spiro atoms. The average molecular weight is 614 g/mol. The molecule has 2 heterocycles. The number of carbonyl (C=O) groups is 1. The number of aryl methyl sites for hydroxylation is 1. The number of nitrogens with zero attached hydrogens (tertiary/aromatic N) is 4. The van der Waals surface area contributed by atoms with Crippen LogP contribution in [0, 0.1) is 18.6 Å². The molecule has 1 aliphatic heterocycles.